The SMILES string of the molecule is CCCCCNC1C=C(C)N=C(N)N1Cc1ccc(CC(=O)OCCCCN2CCC(N(C)C)CC2)cc1. The Bertz CT molecular complexity index is 906. The van der Waals surface area contributed by atoms with Crippen LogP contribution in [0, 0.1) is 0 Å². The molecule has 0 radical (unpaired) electrons. The van der Waals surface area contributed by atoms with E-state index in [4.69, 9.17) is 10.5 Å². The standard InChI is InChI=1S/C30H50N6O2/c1-5-6-7-16-32-28-21-24(2)33-30(31)36(28)23-26-12-10-25(11-13-26)22-29(37)38-20-9-8-17-35-18-14-27(15-19-35)34(3)4/h10-13,21,27-28,32H,5-9,14-20,22-23H2,1-4H3,(H2,31,33). The molecular weight excluding hydrogens is 476 g/mol. The zero-order chi connectivity index (χ0) is 27.3. The van der Waals surface area contributed by atoms with Crippen LogP contribution in [0.25, 0.3) is 0 Å². The van der Waals surface area contributed by atoms with Crippen molar-refractivity contribution < 1.29 is 9.53 Å². The Balaban J connectivity index is 1.36. The zero-order valence-corrected chi connectivity index (χ0v) is 24.1. The molecule has 212 valence electrons. The maximum absolute atomic E-state index is 12.4. The molecule has 0 aromatic heterocycles. The molecule has 1 unspecified atom stereocenters. The molecule has 0 spiro atoms. The van der Waals surface area contributed by atoms with E-state index < -0.39 is 0 Å². The zero-order valence-electron chi connectivity index (χ0n) is 24.1. The molecule has 2 heterocycles. The highest BCUT2D eigenvalue weighted by Crippen LogP contribution is 2.17. The van der Waals surface area contributed by atoms with Gasteiger partial charge in [0.2, 0.25) is 0 Å². The number of hydrogen-bond donors (Lipinski definition) is 2. The lowest BCUT2D eigenvalue weighted by Crippen LogP contribution is -2.52. The molecule has 0 saturated carbocycles. The van der Waals surface area contributed by atoms with Gasteiger partial charge in [-0.05, 0) is 96.5 Å². The van der Waals surface area contributed by atoms with Gasteiger partial charge in [0.05, 0.1) is 13.0 Å². The van der Waals surface area contributed by atoms with Crippen LogP contribution in [-0.4, -0.2) is 85.7 Å². The largest absolute Gasteiger partial charge is 0.465 e. The number of benzene rings is 1. The first-order valence-electron chi connectivity index (χ1n) is 14.5. The number of carbonyl (C=O) groups excluding carboxylic acids is 1. The van der Waals surface area contributed by atoms with Crippen LogP contribution >= 0.6 is 0 Å². The van der Waals surface area contributed by atoms with Crippen LogP contribution in [-0.2, 0) is 22.5 Å². The van der Waals surface area contributed by atoms with Gasteiger partial charge in [0.25, 0.3) is 0 Å². The summed E-state index contributed by atoms with van der Waals surface area (Å²) in [6.07, 6.45) is 10.5. The Hall–Kier alpha value is -2.42. The topological polar surface area (TPSA) is 86.4 Å². The second-order valence-electron chi connectivity index (χ2n) is 11.0. The average molecular weight is 527 g/mol. The van der Waals surface area contributed by atoms with E-state index in [-0.39, 0.29) is 12.1 Å². The van der Waals surface area contributed by atoms with Gasteiger partial charge < -0.3 is 25.2 Å². The number of nitrogens with two attached hydrogens (primary N) is 1. The lowest BCUT2D eigenvalue weighted by Gasteiger charge is -2.35. The van der Waals surface area contributed by atoms with E-state index in [1.807, 2.05) is 19.1 Å². The van der Waals surface area contributed by atoms with Crippen molar-refractivity contribution in [2.24, 2.45) is 10.7 Å². The van der Waals surface area contributed by atoms with Crippen LogP contribution in [0.5, 0.6) is 0 Å². The molecule has 3 N–H and O–H groups in total. The molecule has 8 nitrogen and oxygen atoms in total. The second-order valence-corrected chi connectivity index (χ2v) is 11.0. The fraction of sp³-hybridized carbons (Fsp3) is 0.667. The number of piperidine rings is 1. The number of carbonyl (C=O) groups is 1. The van der Waals surface area contributed by atoms with Gasteiger partial charge >= 0.3 is 5.97 Å². The van der Waals surface area contributed by atoms with Crippen molar-refractivity contribution >= 4 is 11.9 Å². The van der Waals surface area contributed by atoms with Gasteiger partial charge in [0.1, 0.15) is 6.17 Å². The number of rotatable bonds is 15. The number of allylic oxidation sites excluding steroid dienone is 1. The molecule has 0 amide bonds. The van der Waals surface area contributed by atoms with Crippen LogP contribution in [0.2, 0.25) is 0 Å². The van der Waals surface area contributed by atoms with Crippen molar-refractivity contribution in [2.45, 2.75) is 84.0 Å². The fourth-order valence-electron chi connectivity index (χ4n) is 5.18. The van der Waals surface area contributed by atoms with Gasteiger partial charge in [-0.2, -0.15) is 0 Å². The number of nitrogens with zero attached hydrogens (tertiary/aromatic N) is 4. The molecule has 0 aliphatic carbocycles. The summed E-state index contributed by atoms with van der Waals surface area (Å²) in [6, 6.07) is 8.86. The van der Waals surface area contributed by atoms with Gasteiger partial charge in [0.15, 0.2) is 5.96 Å². The number of guanidine groups is 1. The minimum atomic E-state index is -0.158. The monoisotopic (exact) mass is 526 g/mol. The first-order valence-corrected chi connectivity index (χ1v) is 14.5. The second kappa shape index (κ2) is 15.9. The lowest BCUT2D eigenvalue weighted by atomic mass is 10.0. The molecule has 1 aromatic rings. The molecule has 2 aliphatic rings. The fourth-order valence-corrected chi connectivity index (χ4v) is 5.18. The molecule has 1 atom stereocenters. The summed E-state index contributed by atoms with van der Waals surface area (Å²) < 4.78 is 5.51. The Labute approximate surface area is 230 Å². The van der Waals surface area contributed by atoms with E-state index >= 15 is 0 Å². The van der Waals surface area contributed by atoms with E-state index in [0.29, 0.717) is 31.6 Å². The Morgan fingerprint density at radius 3 is 2.50 bits per heavy atom. The maximum atomic E-state index is 12.4. The number of unbranched alkanes of at least 4 members (excludes halogenated alkanes) is 3. The van der Waals surface area contributed by atoms with Gasteiger partial charge in [-0.1, -0.05) is 44.0 Å². The highest BCUT2D eigenvalue weighted by molar-refractivity contribution is 5.80. The van der Waals surface area contributed by atoms with Crippen LogP contribution < -0.4 is 11.1 Å². The van der Waals surface area contributed by atoms with Crippen molar-refractivity contribution in [3.8, 4) is 0 Å². The van der Waals surface area contributed by atoms with Crippen molar-refractivity contribution in [3.63, 3.8) is 0 Å². The Morgan fingerprint density at radius 1 is 1.11 bits per heavy atom. The lowest BCUT2D eigenvalue weighted by molar-refractivity contribution is -0.142. The number of ether oxygens (including phenoxy) is 1. The molecule has 1 saturated heterocycles. The number of esters is 1. The van der Waals surface area contributed by atoms with Crippen molar-refractivity contribution in [2.75, 3.05) is 46.9 Å². The van der Waals surface area contributed by atoms with E-state index in [2.05, 4.69) is 64.2 Å². The third kappa shape index (κ3) is 10.0. The average Bonchev–Trinajstić information content (AvgIpc) is 2.89. The minimum absolute atomic E-state index is 0.0314. The first kappa shape index (κ1) is 30.1. The summed E-state index contributed by atoms with van der Waals surface area (Å²) in [5, 5.41) is 3.60. The molecule has 1 aromatic carbocycles. The smallest absolute Gasteiger partial charge is 0.310 e. The number of hydrogen-bond acceptors (Lipinski definition) is 8. The van der Waals surface area contributed by atoms with Gasteiger partial charge in [-0.15, -0.1) is 0 Å². The van der Waals surface area contributed by atoms with Gasteiger partial charge in [0, 0.05) is 18.3 Å². The molecular formula is C30H50N6O2. The highest BCUT2D eigenvalue weighted by atomic mass is 16.5. The van der Waals surface area contributed by atoms with Gasteiger partial charge in [-0.25, -0.2) is 4.99 Å². The molecule has 3 rings (SSSR count). The number of aliphatic imine (C=N–C) groups is 1. The van der Waals surface area contributed by atoms with E-state index in [9.17, 15) is 4.79 Å². The van der Waals surface area contributed by atoms with Crippen molar-refractivity contribution in [1.29, 1.82) is 0 Å². The van der Waals surface area contributed by atoms with Crippen LogP contribution in [0.15, 0.2) is 41.0 Å². The molecule has 38 heavy (non-hydrogen) atoms. The third-order valence-corrected chi connectivity index (χ3v) is 7.60. The van der Waals surface area contributed by atoms with Crippen LogP contribution in [0.4, 0.5) is 0 Å². The molecule has 8 heteroatoms. The predicted molar refractivity (Wildman–Crippen MR) is 156 cm³/mol. The summed E-state index contributed by atoms with van der Waals surface area (Å²) in [7, 11) is 4.34. The summed E-state index contributed by atoms with van der Waals surface area (Å²) in [5.41, 5.74) is 9.32. The van der Waals surface area contributed by atoms with Crippen LogP contribution in [0.1, 0.15) is 69.9 Å². The van der Waals surface area contributed by atoms with Crippen LogP contribution in [0.3, 0.4) is 0 Å². The van der Waals surface area contributed by atoms with E-state index in [1.165, 1.54) is 38.8 Å². The summed E-state index contributed by atoms with van der Waals surface area (Å²) >= 11 is 0. The Kier molecular flexibility index (Phi) is 12.6. The molecule has 2 aliphatic heterocycles. The number of nitrogens with one attached hydrogen (secondary N) is 1. The maximum Gasteiger partial charge on any atom is 0.310 e. The molecule has 1 fully saturated rings. The highest BCUT2D eigenvalue weighted by Gasteiger charge is 2.22. The van der Waals surface area contributed by atoms with Crippen molar-refractivity contribution in [1.82, 2.24) is 20.0 Å². The number of likely N-dealkylation sites (tertiary alicyclic amines) is 1. The molecule has 0 bridgehead atoms. The Morgan fingerprint density at radius 2 is 1.82 bits per heavy atom. The van der Waals surface area contributed by atoms with E-state index in [1.54, 1.807) is 0 Å². The summed E-state index contributed by atoms with van der Waals surface area (Å²) in [6.45, 7) is 9.72. The minimum Gasteiger partial charge on any atom is -0.465 e. The quantitative estimate of drug-likeness (QED) is 0.266. The first-order chi connectivity index (χ1) is 18.4. The van der Waals surface area contributed by atoms with E-state index in [0.717, 1.165) is 49.2 Å². The van der Waals surface area contributed by atoms with Gasteiger partial charge in [-0.3, -0.25) is 10.1 Å². The third-order valence-electron chi connectivity index (χ3n) is 7.60. The summed E-state index contributed by atoms with van der Waals surface area (Å²) in [5.74, 6) is 0.373. The predicted octanol–water partition coefficient (Wildman–Crippen LogP) is 3.72. The van der Waals surface area contributed by atoms with Crippen molar-refractivity contribution in [3.05, 3.63) is 47.2 Å². The summed E-state index contributed by atoms with van der Waals surface area (Å²) in [4.78, 5) is 23.8. The normalized spacial score (nSPS) is 19.0.